The highest BCUT2D eigenvalue weighted by atomic mass is 16.3. The molecule has 3 aliphatic carbocycles. The summed E-state index contributed by atoms with van der Waals surface area (Å²) in [6.45, 7) is 4.70. The molecule has 0 N–H and O–H groups in total. The van der Waals surface area contributed by atoms with Gasteiger partial charge < -0.3 is 18.6 Å². The van der Waals surface area contributed by atoms with Gasteiger partial charge in [0, 0.05) is 67.2 Å². The summed E-state index contributed by atoms with van der Waals surface area (Å²) in [5.74, 6) is 0. The van der Waals surface area contributed by atoms with E-state index in [1.165, 1.54) is 134 Å². The Kier molecular flexibility index (Phi) is 18.4. The van der Waals surface area contributed by atoms with Crippen molar-refractivity contribution in [2.24, 2.45) is 0 Å². The van der Waals surface area contributed by atoms with E-state index in [4.69, 9.17) is 8.83 Å². The molecule has 0 saturated heterocycles. The monoisotopic (exact) mass is 1650 g/mol. The standard InChI is InChI=1S/C64H45NO.C61H41NO/c1-63(2)57-25-12-9-22-51(57)54-36-33-49(40-60(54)63)65(48-31-28-44(29-32-48)42-16-5-3-6-17-42)50-34-37-56-55-35-30-47(39-61(55)66-62(56)41-50)64(46-21-15-20-45(38-46)43-18-7-4-8-19-43)58-26-13-10-23-52(58)53-24-11-14-27-59(53)64;1-4-16-42(17-5-1)44-30-34-51(35-31-44)62(50-23-8-3-9-24-50)52-25-15-21-46(39-52)47-32-36-55-56-37-33-49(41-60(56)63-59(55)40-47)61(48-22-14-20-45(38-48)43-18-6-2-7-19-43)57-28-12-10-26-53(57)54-27-11-13-29-58(54)61/h3-41H,1-2H3;1-41H. The van der Waals surface area contributed by atoms with E-state index in [2.05, 4.69) is 509 Å². The summed E-state index contributed by atoms with van der Waals surface area (Å²) in [6.07, 6.45) is 0. The summed E-state index contributed by atoms with van der Waals surface area (Å²) in [6, 6.07) is 177. The number of furan rings is 2. The first-order valence-corrected chi connectivity index (χ1v) is 44.6. The van der Waals surface area contributed by atoms with Crippen molar-refractivity contribution in [2.75, 3.05) is 9.80 Å². The first-order valence-electron chi connectivity index (χ1n) is 44.6. The molecule has 3 aliphatic rings. The molecule has 2 heterocycles. The van der Waals surface area contributed by atoms with Gasteiger partial charge in [-0.15, -0.1) is 0 Å². The maximum Gasteiger partial charge on any atom is 0.137 e. The van der Waals surface area contributed by atoms with Crippen LogP contribution in [0.3, 0.4) is 0 Å². The van der Waals surface area contributed by atoms with Gasteiger partial charge >= 0.3 is 0 Å². The van der Waals surface area contributed by atoms with E-state index < -0.39 is 10.8 Å². The van der Waals surface area contributed by atoms with Crippen LogP contribution in [0.25, 0.3) is 133 Å². The van der Waals surface area contributed by atoms with Crippen LogP contribution in [0.5, 0.6) is 0 Å². The van der Waals surface area contributed by atoms with Crippen molar-refractivity contribution in [3.05, 3.63) is 541 Å². The number of fused-ring (bicyclic) bond motifs is 15. The molecule has 129 heavy (non-hydrogen) atoms. The zero-order valence-electron chi connectivity index (χ0n) is 71.4. The summed E-state index contributed by atoms with van der Waals surface area (Å²) in [5, 5.41) is 4.41. The third-order valence-electron chi connectivity index (χ3n) is 27.5. The molecule has 608 valence electrons. The van der Waals surface area contributed by atoms with Crippen LogP contribution < -0.4 is 9.80 Å². The van der Waals surface area contributed by atoms with Gasteiger partial charge in [-0.1, -0.05) is 384 Å². The normalized spacial score (nSPS) is 13.2. The summed E-state index contributed by atoms with van der Waals surface area (Å²) >= 11 is 0. The van der Waals surface area contributed by atoms with Gasteiger partial charge in [0.15, 0.2) is 0 Å². The van der Waals surface area contributed by atoms with Gasteiger partial charge in [0.2, 0.25) is 0 Å². The van der Waals surface area contributed by atoms with E-state index in [1.54, 1.807) is 0 Å². The number of hydrogen-bond donors (Lipinski definition) is 0. The fourth-order valence-corrected chi connectivity index (χ4v) is 21.5. The molecule has 0 amide bonds. The second-order valence-corrected chi connectivity index (χ2v) is 34.9. The second kappa shape index (κ2) is 31.1. The molecule has 22 aromatic rings. The second-order valence-electron chi connectivity index (χ2n) is 34.9. The van der Waals surface area contributed by atoms with Gasteiger partial charge in [-0.25, -0.2) is 0 Å². The Balaban J connectivity index is 0.000000143. The molecular weight excluding hydrogens is 1560 g/mol. The minimum Gasteiger partial charge on any atom is -0.456 e. The van der Waals surface area contributed by atoms with Crippen molar-refractivity contribution in [3.63, 3.8) is 0 Å². The quantitative estimate of drug-likeness (QED) is 0.102. The van der Waals surface area contributed by atoms with Gasteiger partial charge in [-0.05, 0) is 254 Å². The Morgan fingerprint density at radius 3 is 0.884 bits per heavy atom. The van der Waals surface area contributed by atoms with Crippen LogP contribution in [0.4, 0.5) is 34.1 Å². The lowest BCUT2D eigenvalue weighted by Crippen LogP contribution is -2.28. The number of rotatable bonds is 15. The smallest absolute Gasteiger partial charge is 0.137 e. The lowest BCUT2D eigenvalue weighted by molar-refractivity contribution is 0.660. The summed E-state index contributed by atoms with van der Waals surface area (Å²) in [7, 11) is 0. The molecule has 0 atom stereocenters. The number of hydrogen-bond acceptors (Lipinski definition) is 4. The van der Waals surface area contributed by atoms with E-state index in [9.17, 15) is 0 Å². The third kappa shape index (κ3) is 12.6. The van der Waals surface area contributed by atoms with Gasteiger partial charge in [-0.2, -0.15) is 0 Å². The summed E-state index contributed by atoms with van der Waals surface area (Å²) < 4.78 is 14.0. The van der Waals surface area contributed by atoms with Crippen molar-refractivity contribution < 1.29 is 8.83 Å². The van der Waals surface area contributed by atoms with Crippen LogP contribution in [0, 0.1) is 0 Å². The molecule has 25 rings (SSSR count). The highest BCUT2D eigenvalue weighted by Crippen LogP contribution is 2.60. The lowest BCUT2D eigenvalue weighted by Gasteiger charge is -2.34. The number of anilines is 6. The molecule has 4 heteroatoms. The van der Waals surface area contributed by atoms with Crippen LogP contribution >= 0.6 is 0 Å². The third-order valence-corrected chi connectivity index (χ3v) is 27.5. The van der Waals surface area contributed by atoms with Gasteiger partial charge in [-0.3, -0.25) is 0 Å². The average Bonchev–Trinajstić information content (AvgIpc) is 1.54. The van der Waals surface area contributed by atoms with Crippen LogP contribution in [-0.2, 0) is 16.2 Å². The zero-order chi connectivity index (χ0) is 85.7. The van der Waals surface area contributed by atoms with Crippen LogP contribution in [0.1, 0.15) is 69.5 Å². The number of para-hydroxylation sites is 1. The fourth-order valence-electron chi connectivity index (χ4n) is 21.5. The van der Waals surface area contributed by atoms with Crippen LogP contribution in [0.2, 0.25) is 0 Å². The topological polar surface area (TPSA) is 32.8 Å². The van der Waals surface area contributed by atoms with Gasteiger partial charge in [0.25, 0.3) is 0 Å². The van der Waals surface area contributed by atoms with Gasteiger partial charge in [0.1, 0.15) is 22.3 Å². The summed E-state index contributed by atoms with van der Waals surface area (Å²) in [4.78, 5) is 4.71. The number of nitrogens with zero attached hydrogens (tertiary/aromatic N) is 2. The molecule has 0 bridgehead atoms. The lowest BCUT2D eigenvalue weighted by atomic mass is 9.67. The Hall–Kier alpha value is -16.4. The first-order chi connectivity index (χ1) is 63.7. The molecule has 0 spiro atoms. The minimum absolute atomic E-state index is 0.133. The van der Waals surface area contributed by atoms with E-state index in [0.717, 1.165) is 89.1 Å². The maximum absolute atomic E-state index is 7.06. The van der Waals surface area contributed by atoms with Gasteiger partial charge in [0.05, 0.1) is 10.8 Å². The molecule has 20 aromatic carbocycles. The first kappa shape index (κ1) is 76.3. The predicted octanol–water partition coefficient (Wildman–Crippen LogP) is 33.5. The Labute approximate surface area is 751 Å². The largest absolute Gasteiger partial charge is 0.456 e. The van der Waals surface area contributed by atoms with Crippen molar-refractivity contribution in [2.45, 2.75) is 30.1 Å². The fraction of sp³-hybridized carbons (Fsp3) is 0.0400. The molecule has 0 aliphatic heterocycles. The van der Waals surface area contributed by atoms with E-state index >= 15 is 0 Å². The Bertz CT molecular complexity index is 7980. The van der Waals surface area contributed by atoms with Crippen LogP contribution in [0.15, 0.2) is 494 Å². The van der Waals surface area contributed by atoms with E-state index in [0.29, 0.717) is 0 Å². The molecule has 0 unspecified atom stereocenters. The van der Waals surface area contributed by atoms with Crippen LogP contribution in [-0.4, -0.2) is 0 Å². The average molecular weight is 1650 g/mol. The van der Waals surface area contributed by atoms with Crippen molar-refractivity contribution >= 4 is 78.0 Å². The highest BCUT2D eigenvalue weighted by Gasteiger charge is 2.48. The molecule has 0 fully saturated rings. The van der Waals surface area contributed by atoms with E-state index in [-0.39, 0.29) is 5.41 Å². The predicted molar refractivity (Wildman–Crippen MR) is 536 cm³/mol. The van der Waals surface area contributed by atoms with Crippen molar-refractivity contribution in [3.8, 4) is 89.0 Å². The highest BCUT2D eigenvalue weighted by molar-refractivity contribution is 6.09. The minimum atomic E-state index is -0.569. The van der Waals surface area contributed by atoms with Crippen molar-refractivity contribution in [1.29, 1.82) is 0 Å². The van der Waals surface area contributed by atoms with E-state index in [1.807, 2.05) is 0 Å². The Morgan fingerprint density at radius 1 is 0.163 bits per heavy atom. The molecule has 0 saturated carbocycles. The molecular formula is C125H86N2O2. The van der Waals surface area contributed by atoms with Crippen molar-refractivity contribution in [1.82, 2.24) is 0 Å². The Morgan fingerprint density at radius 2 is 0.426 bits per heavy atom. The molecule has 2 aromatic heterocycles. The summed E-state index contributed by atoms with van der Waals surface area (Å²) in [5.41, 5.74) is 40.9. The molecule has 0 radical (unpaired) electrons. The molecule has 4 nitrogen and oxygen atoms in total. The SMILES string of the molecule is CC1(C)c2ccccc2-c2ccc(N(c3ccc(-c4ccccc4)cc3)c3ccc4c(c3)oc3cc(C5(c6cccc(-c7ccccc7)c6)c6ccccc6-c6ccccc65)ccc34)cc21.c1ccc(-c2ccc(N(c3ccccc3)c3cccc(-c4ccc5c(c4)oc4cc(C6(c7cccc(-c8ccccc8)c7)c7ccccc7-c7ccccc76)ccc45)c3)cc2)cc1. The maximum atomic E-state index is 7.06. The number of benzene rings is 20. The zero-order valence-corrected chi connectivity index (χ0v) is 71.4.